The summed E-state index contributed by atoms with van der Waals surface area (Å²) in [7, 11) is 5.60. The summed E-state index contributed by atoms with van der Waals surface area (Å²) < 4.78 is 11.3. The second kappa shape index (κ2) is 6.95. The van der Waals surface area contributed by atoms with Crippen LogP contribution in [-0.4, -0.2) is 44.3 Å². The fraction of sp³-hybridized carbons (Fsp3) is 0.556. The molecule has 1 aromatic rings. The van der Waals surface area contributed by atoms with Crippen LogP contribution in [0.15, 0.2) is 12.4 Å². The molecule has 0 radical (unpaired) electrons. The molecule has 122 valence electrons. The van der Waals surface area contributed by atoms with Crippen LogP contribution in [0.3, 0.4) is 0 Å². The first kappa shape index (κ1) is 16.5. The number of hydrogen-bond acceptors (Lipinski definition) is 4. The lowest BCUT2D eigenvalue weighted by molar-refractivity contribution is 0.293. The highest BCUT2D eigenvalue weighted by molar-refractivity contribution is 5.58. The van der Waals surface area contributed by atoms with E-state index in [1.807, 2.05) is 0 Å². The van der Waals surface area contributed by atoms with Gasteiger partial charge in [-0.1, -0.05) is 0 Å². The molecule has 4 nitrogen and oxygen atoms in total. The van der Waals surface area contributed by atoms with E-state index in [1.54, 1.807) is 14.2 Å². The first-order valence-electron chi connectivity index (χ1n) is 7.82. The smallest absolute Gasteiger partial charge is 0.125 e. The van der Waals surface area contributed by atoms with Crippen LogP contribution in [0.1, 0.15) is 28.7 Å². The minimum Gasteiger partial charge on any atom is -0.496 e. The van der Waals surface area contributed by atoms with Gasteiger partial charge in [0.1, 0.15) is 11.5 Å². The molecule has 0 aliphatic carbocycles. The Labute approximate surface area is 134 Å². The Hall–Kier alpha value is -1.84. The van der Waals surface area contributed by atoms with Crippen LogP contribution in [0.4, 0.5) is 0 Å². The lowest BCUT2D eigenvalue weighted by Gasteiger charge is -2.22. The van der Waals surface area contributed by atoms with Gasteiger partial charge < -0.3 is 19.3 Å². The molecule has 2 rings (SSSR count). The molecule has 0 atom stereocenters. The van der Waals surface area contributed by atoms with Crippen LogP contribution in [0.2, 0.25) is 0 Å². The van der Waals surface area contributed by atoms with Crippen molar-refractivity contribution in [3.63, 3.8) is 0 Å². The SMILES string of the molecule is COc1c(C)c(C)c(OC)c(CCCN2C=CN(C)C2)c1C. The van der Waals surface area contributed by atoms with Crippen molar-refractivity contribution < 1.29 is 9.47 Å². The van der Waals surface area contributed by atoms with E-state index in [2.05, 4.69) is 50.0 Å². The summed E-state index contributed by atoms with van der Waals surface area (Å²) >= 11 is 0. The van der Waals surface area contributed by atoms with E-state index in [0.717, 1.165) is 37.6 Å². The van der Waals surface area contributed by atoms with Crippen LogP contribution in [0.25, 0.3) is 0 Å². The third-order valence-corrected chi connectivity index (χ3v) is 4.53. The molecule has 0 N–H and O–H groups in total. The van der Waals surface area contributed by atoms with E-state index in [-0.39, 0.29) is 0 Å². The Bertz CT molecular complexity index is 567. The lowest BCUT2D eigenvalue weighted by atomic mass is 9.94. The maximum atomic E-state index is 5.69. The van der Waals surface area contributed by atoms with Gasteiger partial charge in [-0.15, -0.1) is 0 Å². The summed E-state index contributed by atoms with van der Waals surface area (Å²) in [5.74, 6) is 2.01. The van der Waals surface area contributed by atoms with Crippen LogP contribution in [0.5, 0.6) is 11.5 Å². The van der Waals surface area contributed by atoms with E-state index < -0.39 is 0 Å². The number of nitrogens with zero attached hydrogens (tertiary/aromatic N) is 2. The zero-order chi connectivity index (χ0) is 16.3. The van der Waals surface area contributed by atoms with E-state index in [9.17, 15) is 0 Å². The Morgan fingerprint density at radius 1 is 0.955 bits per heavy atom. The Balaban J connectivity index is 2.15. The molecule has 0 fully saturated rings. The maximum absolute atomic E-state index is 5.69. The van der Waals surface area contributed by atoms with Gasteiger partial charge in [-0.2, -0.15) is 0 Å². The summed E-state index contributed by atoms with van der Waals surface area (Å²) in [5.41, 5.74) is 4.83. The molecule has 4 heteroatoms. The highest BCUT2D eigenvalue weighted by Crippen LogP contribution is 2.38. The van der Waals surface area contributed by atoms with Gasteiger partial charge in [0, 0.05) is 31.6 Å². The standard InChI is InChI=1S/C18H28N2O2/c1-13-14(2)18(22-6)16(15(3)17(13)21-5)8-7-9-20-11-10-19(4)12-20/h10-11H,7-9,12H2,1-6H3. The second-order valence-corrected chi connectivity index (χ2v) is 6.03. The molecule has 0 spiro atoms. The third kappa shape index (κ3) is 3.16. The summed E-state index contributed by atoms with van der Waals surface area (Å²) in [6.07, 6.45) is 6.37. The predicted octanol–water partition coefficient (Wildman–Crippen LogP) is 3.24. The summed E-state index contributed by atoms with van der Waals surface area (Å²) in [5, 5.41) is 0. The molecule has 1 aliphatic rings. The first-order chi connectivity index (χ1) is 10.5. The van der Waals surface area contributed by atoms with Crippen molar-refractivity contribution >= 4 is 0 Å². The van der Waals surface area contributed by atoms with Crippen molar-refractivity contribution in [1.29, 1.82) is 0 Å². The predicted molar refractivity (Wildman–Crippen MR) is 90.6 cm³/mol. The molecule has 1 aliphatic heterocycles. The Kier molecular flexibility index (Phi) is 5.22. The third-order valence-electron chi connectivity index (χ3n) is 4.53. The quantitative estimate of drug-likeness (QED) is 0.805. The topological polar surface area (TPSA) is 24.9 Å². The molecular weight excluding hydrogens is 276 g/mol. The van der Waals surface area contributed by atoms with Crippen molar-refractivity contribution in [2.75, 3.05) is 34.5 Å². The number of rotatable bonds is 6. The molecule has 1 heterocycles. The molecule has 0 amide bonds. The van der Waals surface area contributed by atoms with Gasteiger partial charge in [-0.05, 0) is 50.3 Å². The zero-order valence-corrected chi connectivity index (χ0v) is 14.7. The largest absolute Gasteiger partial charge is 0.496 e. The average Bonchev–Trinajstić information content (AvgIpc) is 2.91. The average molecular weight is 304 g/mol. The van der Waals surface area contributed by atoms with Crippen LogP contribution in [0, 0.1) is 20.8 Å². The number of benzene rings is 1. The van der Waals surface area contributed by atoms with Crippen molar-refractivity contribution in [2.24, 2.45) is 0 Å². The molecule has 0 unspecified atom stereocenters. The van der Waals surface area contributed by atoms with Crippen molar-refractivity contribution in [3.05, 3.63) is 34.7 Å². The van der Waals surface area contributed by atoms with Gasteiger partial charge in [-0.25, -0.2) is 0 Å². The molecule has 0 bridgehead atoms. The molecule has 22 heavy (non-hydrogen) atoms. The van der Waals surface area contributed by atoms with Gasteiger partial charge in [0.15, 0.2) is 0 Å². The molecular formula is C18H28N2O2. The van der Waals surface area contributed by atoms with Crippen molar-refractivity contribution in [3.8, 4) is 11.5 Å². The maximum Gasteiger partial charge on any atom is 0.125 e. The fourth-order valence-electron chi connectivity index (χ4n) is 3.23. The van der Waals surface area contributed by atoms with Crippen molar-refractivity contribution in [1.82, 2.24) is 9.80 Å². The first-order valence-corrected chi connectivity index (χ1v) is 7.82. The highest BCUT2D eigenvalue weighted by atomic mass is 16.5. The molecule has 0 saturated heterocycles. The number of hydrogen-bond donors (Lipinski definition) is 0. The van der Waals surface area contributed by atoms with Gasteiger partial charge in [0.05, 0.1) is 20.9 Å². The van der Waals surface area contributed by atoms with Gasteiger partial charge in [0.25, 0.3) is 0 Å². The lowest BCUT2D eigenvalue weighted by Crippen LogP contribution is -2.23. The summed E-state index contributed by atoms with van der Waals surface area (Å²) in [4.78, 5) is 4.52. The van der Waals surface area contributed by atoms with E-state index in [1.165, 1.54) is 22.3 Å². The minimum absolute atomic E-state index is 0.979. The van der Waals surface area contributed by atoms with Crippen LogP contribution < -0.4 is 9.47 Å². The second-order valence-electron chi connectivity index (χ2n) is 6.03. The molecule has 0 aromatic heterocycles. The van der Waals surface area contributed by atoms with Gasteiger partial charge in [-0.3, -0.25) is 0 Å². The van der Waals surface area contributed by atoms with E-state index >= 15 is 0 Å². The van der Waals surface area contributed by atoms with Crippen LogP contribution in [-0.2, 0) is 6.42 Å². The number of ether oxygens (including phenoxy) is 2. The molecule has 0 saturated carbocycles. The monoisotopic (exact) mass is 304 g/mol. The summed E-state index contributed by atoms with van der Waals surface area (Å²) in [6.45, 7) is 8.37. The molecule has 1 aromatic carbocycles. The van der Waals surface area contributed by atoms with E-state index in [0.29, 0.717) is 0 Å². The van der Waals surface area contributed by atoms with Crippen molar-refractivity contribution in [2.45, 2.75) is 33.6 Å². The number of methoxy groups -OCH3 is 2. The van der Waals surface area contributed by atoms with Gasteiger partial charge in [0.2, 0.25) is 0 Å². The Morgan fingerprint density at radius 3 is 2.14 bits per heavy atom. The highest BCUT2D eigenvalue weighted by Gasteiger charge is 2.18. The van der Waals surface area contributed by atoms with Crippen LogP contribution >= 0.6 is 0 Å². The minimum atomic E-state index is 0.979. The fourth-order valence-corrected chi connectivity index (χ4v) is 3.23. The Morgan fingerprint density at radius 2 is 1.59 bits per heavy atom. The normalized spacial score (nSPS) is 13.9. The zero-order valence-electron chi connectivity index (χ0n) is 14.7. The van der Waals surface area contributed by atoms with E-state index in [4.69, 9.17) is 9.47 Å². The van der Waals surface area contributed by atoms with Gasteiger partial charge >= 0.3 is 0 Å². The summed E-state index contributed by atoms with van der Waals surface area (Å²) in [6, 6.07) is 0.